The molecule has 1 amide bonds. The molecule has 0 heterocycles. The maximum absolute atomic E-state index is 13.6. The Hall–Kier alpha value is -3.26. The molecule has 3 aromatic carbocycles. The molecule has 33 heavy (non-hydrogen) atoms. The van der Waals surface area contributed by atoms with E-state index in [4.69, 9.17) is 0 Å². The zero-order valence-electron chi connectivity index (χ0n) is 18.5. The molecule has 0 saturated carbocycles. The Morgan fingerprint density at radius 2 is 1.64 bits per heavy atom. The predicted octanol–water partition coefficient (Wildman–Crippen LogP) is 4.73. The van der Waals surface area contributed by atoms with Crippen molar-refractivity contribution < 1.29 is 22.0 Å². The van der Waals surface area contributed by atoms with Crippen molar-refractivity contribution in [1.29, 1.82) is 0 Å². The molecule has 0 fully saturated rings. The number of hydrogen-bond donors (Lipinski definition) is 1. The molecule has 3 rings (SSSR count). The minimum atomic E-state index is -3.75. The quantitative estimate of drug-likeness (QED) is 0.490. The van der Waals surface area contributed by atoms with Gasteiger partial charge in [-0.1, -0.05) is 60.2 Å². The van der Waals surface area contributed by atoms with Crippen molar-refractivity contribution in [3.8, 4) is 0 Å². The molecular weight excluding hydrogens is 446 g/mol. The number of halogens is 2. The highest BCUT2D eigenvalue weighted by Gasteiger charge is 2.21. The number of aryl methyl sites for hydroxylation is 1. The van der Waals surface area contributed by atoms with Crippen molar-refractivity contribution in [3.63, 3.8) is 0 Å². The standard InChI is InChI=1S/C25H26F2N2O3S/c1-18-8-6-11-20(16-18)25(19-9-4-3-5-10-19)28-24(30)12-7-15-29(33(2,31)32)21-13-14-22(26)23(27)17-21/h3-6,8-11,13-14,16-17,25H,7,12,15H2,1-2H3,(H,28,30)/t25-/m1/s1. The lowest BCUT2D eigenvalue weighted by Crippen LogP contribution is -2.33. The van der Waals surface area contributed by atoms with Crippen LogP contribution in [0.15, 0.2) is 72.8 Å². The van der Waals surface area contributed by atoms with Gasteiger partial charge in [0.1, 0.15) is 0 Å². The third-order valence-electron chi connectivity index (χ3n) is 5.17. The number of nitrogens with zero attached hydrogens (tertiary/aromatic N) is 1. The first kappa shape index (κ1) is 24.4. The second-order valence-corrected chi connectivity index (χ2v) is 9.77. The van der Waals surface area contributed by atoms with Crippen molar-refractivity contribution in [2.75, 3.05) is 17.1 Å². The van der Waals surface area contributed by atoms with Crippen LogP contribution in [0.1, 0.15) is 35.6 Å². The number of carbonyl (C=O) groups is 1. The van der Waals surface area contributed by atoms with E-state index in [1.165, 1.54) is 6.07 Å². The Bertz CT molecular complexity index is 1220. The van der Waals surface area contributed by atoms with Gasteiger partial charge in [-0.25, -0.2) is 17.2 Å². The van der Waals surface area contributed by atoms with Crippen molar-refractivity contribution in [2.45, 2.75) is 25.8 Å². The van der Waals surface area contributed by atoms with Gasteiger partial charge in [-0.2, -0.15) is 0 Å². The molecule has 0 unspecified atom stereocenters. The molecule has 1 atom stereocenters. The van der Waals surface area contributed by atoms with Crippen LogP contribution in [0, 0.1) is 18.6 Å². The Balaban J connectivity index is 1.70. The molecule has 3 aromatic rings. The van der Waals surface area contributed by atoms with Crippen LogP contribution < -0.4 is 9.62 Å². The Morgan fingerprint density at radius 3 is 2.27 bits per heavy atom. The van der Waals surface area contributed by atoms with E-state index in [-0.39, 0.29) is 37.0 Å². The third kappa shape index (κ3) is 6.61. The lowest BCUT2D eigenvalue weighted by atomic mass is 9.97. The maximum Gasteiger partial charge on any atom is 0.232 e. The predicted molar refractivity (Wildman–Crippen MR) is 125 cm³/mol. The van der Waals surface area contributed by atoms with Crippen molar-refractivity contribution in [2.24, 2.45) is 0 Å². The normalized spacial score (nSPS) is 12.2. The highest BCUT2D eigenvalue weighted by molar-refractivity contribution is 7.92. The molecule has 0 aliphatic carbocycles. The fraction of sp³-hybridized carbons (Fsp3) is 0.240. The molecule has 0 spiro atoms. The van der Waals surface area contributed by atoms with Crippen LogP contribution >= 0.6 is 0 Å². The van der Waals surface area contributed by atoms with Crippen LogP contribution in [0.4, 0.5) is 14.5 Å². The summed E-state index contributed by atoms with van der Waals surface area (Å²) in [7, 11) is -3.75. The maximum atomic E-state index is 13.6. The van der Waals surface area contributed by atoms with E-state index in [0.29, 0.717) is 0 Å². The van der Waals surface area contributed by atoms with Crippen LogP contribution in [-0.4, -0.2) is 27.1 Å². The number of anilines is 1. The van der Waals surface area contributed by atoms with E-state index < -0.39 is 21.7 Å². The van der Waals surface area contributed by atoms with E-state index in [2.05, 4.69) is 5.32 Å². The summed E-state index contributed by atoms with van der Waals surface area (Å²) in [6.45, 7) is 1.93. The zero-order valence-corrected chi connectivity index (χ0v) is 19.3. The molecule has 0 aliphatic heterocycles. The van der Waals surface area contributed by atoms with Gasteiger partial charge in [-0.05, 0) is 36.6 Å². The van der Waals surface area contributed by atoms with Gasteiger partial charge in [-0.15, -0.1) is 0 Å². The number of amides is 1. The molecule has 174 valence electrons. The molecule has 0 aromatic heterocycles. The zero-order chi connectivity index (χ0) is 24.0. The molecule has 0 aliphatic rings. The second kappa shape index (κ2) is 10.6. The van der Waals surface area contributed by atoms with Crippen LogP contribution in [0.5, 0.6) is 0 Å². The number of rotatable bonds is 9. The topological polar surface area (TPSA) is 66.5 Å². The summed E-state index contributed by atoms with van der Waals surface area (Å²) in [6.07, 6.45) is 1.25. The third-order valence-corrected chi connectivity index (χ3v) is 6.36. The SMILES string of the molecule is Cc1cccc([C@H](NC(=O)CCCN(c2ccc(F)c(F)c2)S(C)(=O)=O)c2ccccc2)c1. The molecule has 0 saturated heterocycles. The molecular formula is C25H26F2N2O3S. The van der Waals surface area contributed by atoms with Gasteiger partial charge < -0.3 is 5.32 Å². The van der Waals surface area contributed by atoms with Crippen molar-refractivity contribution in [1.82, 2.24) is 5.32 Å². The highest BCUT2D eigenvalue weighted by Crippen LogP contribution is 2.24. The summed E-state index contributed by atoms with van der Waals surface area (Å²) < 4.78 is 52.2. The molecule has 5 nitrogen and oxygen atoms in total. The monoisotopic (exact) mass is 472 g/mol. The largest absolute Gasteiger partial charge is 0.345 e. The fourth-order valence-corrected chi connectivity index (χ4v) is 4.55. The average Bonchev–Trinajstić information content (AvgIpc) is 2.77. The smallest absolute Gasteiger partial charge is 0.232 e. The Kier molecular flexibility index (Phi) is 7.81. The first-order valence-corrected chi connectivity index (χ1v) is 12.3. The lowest BCUT2D eigenvalue weighted by Gasteiger charge is -2.23. The molecule has 0 radical (unpaired) electrons. The van der Waals surface area contributed by atoms with E-state index in [0.717, 1.165) is 39.4 Å². The van der Waals surface area contributed by atoms with Gasteiger partial charge in [0.2, 0.25) is 15.9 Å². The Morgan fingerprint density at radius 1 is 0.939 bits per heavy atom. The van der Waals surface area contributed by atoms with Gasteiger partial charge in [0, 0.05) is 19.0 Å². The Labute approximate surface area is 193 Å². The average molecular weight is 473 g/mol. The van der Waals surface area contributed by atoms with Gasteiger partial charge in [0.15, 0.2) is 11.6 Å². The van der Waals surface area contributed by atoms with Gasteiger partial charge in [0.25, 0.3) is 0 Å². The summed E-state index contributed by atoms with van der Waals surface area (Å²) in [5.41, 5.74) is 2.95. The van der Waals surface area contributed by atoms with E-state index in [9.17, 15) is 22.0 Å². The number of carbonyl (C=O) groups excluding carboxylic acids is 1. The van der Waals surface area contributed by atoms with E-state index in [1.807, 2.05) is 61.5 Å². The first-order valence-electron chi connectivity index (χ1n) is 10.5. The van der Waals surface area contributed by atoms with Gasteiger partial charge in [0.05, 0.1) is 18.0 Å². The van der Waals surface area contributed by atoms with E-state index in [1.54, 1.807) is 0 Å². The summed E-state index contributed by atoms with van der Waals surface area (Å²) >= 11 is 0. The highest BCUT2D eigenvalue weighted by atomic mass is 32.2. The lowest BCUT2D eigenvalue weighted by molar-refractivity contribution is -0.121. The summed E-state index contributed by atoms with van der Waals surface area (Å²) in [4.78, 5) is 12.8. The number of benzene rings is 3. The number of sulfonamides is 1. The van der Waals surface area contributed by atoms with Crippen LogP contribution in [-0.2, 0) is 14.8 Å². The number of nitrogens with one attached hydrogen (secondary N) is 1. The number of hydrogen-bond acceptors (Lipinski definition) is 3. The fourth-order valence-electron chi connectivity index (χ4n) is 3.60. The van der Waals surface area contributed by atoms with E-state index >= 15 is 0 Å². The first-order chi connectivity index (χ1) is 15.6. The molecule has 8 heteroatoms. The summed E-state index contributed by atoms with van der Waals surface area (Å²) in [5.74, 6) is -2.44. The second-order valence-electron chi connectivity index (χ2n) is 7.86. The van der Waals surface area contributed by atoms with Crippen LogP contribution in [0.3, 0.4) is 0 Å². The van der Waals surface area contributed by atoms with Crippen molar-refractivity contribution >= 4 is 21.6 Å². The summed E-state index contributed by atoms with van der Waals surface area (Å²) in [5, 5.41) is 3.03. The van der Waals surface area contributed by atoms with Crippen LogP contribution in [0.2, 0.25) is 0 Å². The minimum absolute atomic E-state index is 0.0127. The van der Waals surface area contributed by atoms with Crippen molar-refractivity contribution in [3.05, 3.63) is 101 Å². The van der Waals surface area contributed by atoms with Gasteiger partial charge in [-0.3, -0.25) is 9.10 Å². The molecule has 0 bridgehead atoms. The van der Waals surface area contributed by atoms with Crippen LogP contribution in [0.25, 0.3) is 0 Å². The molecule has 1 N–H and O–H groups in total. The summed E-state index contributed by atoms with van der Waals surface area (Å²) in [6, 6.07) is 20.0. The van der Waals surface area contributed by atoms with Gasteiger partial charge >= 0.3 is 0 Å². The minimum Gasteiger partial charge on any atom is -0.345 e.